The van der Waals surface area contributed by atoms with Crippen molar-refractivity contribution in [3.05, 3.63) is 29.8 Å². The number of carbonyl (C=O) groups is 1. The molecule has 128 valence electrons. The first-order chi connectivity index (χ1) is 11.2. The molecule has 0 spiro atoms. The fourth-order valence-electron chi connectivity index (χ4n) is 2.87. The average Bonchev–Trinajstić information content (AvgIpc) is 2.55. The van der Waals surface area contributed by atoms with Crippen molar-refractivity contribution in [1.29, 1.82) is 0 Å². The maximum Gasteiger partial charge on any atom is 0.303 e. The van der Waals surface area contributed by atoms with Crippen molar-refractivity contribution < 1.29 is 19.4 Å². The Bertz CT molecular complexity index is 466. The van der Waals surface area contributed by atoms with Gasteiger partial charge in [-0.05, 0) is 49.8 Å². The molecule has 0 radical (unpaired) electrons. The molecule has 0 aliphatic carbocycles. The van der Waals surface area contributed by atoms with Gasteiger partial charge in [-0.3, -0.25) is 4.79 Å². The van der Waals surface area contributed by atoms with Gasteiger partial charge in [0, 0.05) is 12.8 Å². The molecule has 4 nitrogen and oxygen atoms in total. The van der Waals surface area contributed by atoms with E-state index in [1.54, 1.807) is 0 Å². The summed E-state index contributed by atoms with van der Waals surface area (Å²) in [4.78, 5) is 10.4. The van der Waals surface area contributed by atoms with Crippen LogP contribution in [0.15, 0.2) is 24.3 Å². The number of ether oxygens (including phenoxy) is 2. The minimum atomic E-state index is -0.691. The van der Waals surface area contributed by atoms with E-state index in [9.17, 15) is 4.79 Å². The van der Waals surface area contributed by atoms with Crippen LogP contribution in [0.4, 0.5) is 0 Å². The molecule has 0 amide bonds. The quantitative estimate of drug-likeness (QED) is 0.642. The largest absolute Gasteiger partial charge is 0.481 e. The smallest absolute Gasteiger partial charge is 0.303 e. The summed E-state index contributed by atoms with van der Waals surface area (Å²) in [6.07, 6.45) is 9.72. The van der Waals surface area contributed by atoms with Crippen molar-refractivity contribution in [2.45, 2.75) is 70.5 Å². The van der Waals surface area contributed by atoms with Gasteiger partial charge in [-0.25, -0.2) is 0 Å². The summed E-state index contributed by atoms with van der Waals surface area (Å²) < 4.78 is 11.5. The van der Waals surface area contributed by atoms with Crippen LogP contribution in [0.25, 0.3) is 0 Å². The van der Waals surface area contributed by atoms with Crippen molar-refractivity contribution >= 4 is 5.97 Å². The molecule has 23 heavy (non-hydrogen) atoms. The van der Waals surface area contributed by atoms with E-state index in [4.69, 9.17) is 14.6 Å². The Kier molecular flexibility index (Phi) is 7.95. The Morgan fingerprint density at radius 3 is 2.78 bits per heavy atom. The molecule has 1 saturated heterocycles. The van der Waals surface area contributed by atoms with E-state index in [1.807, 2.05) is 12.1 Å². The van der Waals surface area contributed by atoms with Gasteiger partial charge in [-0.2, -0.15) is 0 Å². The maximum atomic E-state index is 10.4. The number of aliphatic carboxylic acids is 1. The molecule has 1 aliphatic heterocycles. The molecule has 1 N–H and O–H groups in total. The predicted molar refractivity (Wildman–Crippen MR) is 89.7 cm³/mol. The highest BCUT2D eigenvalue weighted by Gasteiger charge is 2.15. The van der Waals surface area contributed by atoms with E-state index in [-0.39, 0.29) is 6.29 Å². The molecular weight excluding hydrogens is 292 g/mol. The van der Waals surface area contributed by atoms with Crippen LogP contribution in [-0.2, 0) is 16.0 Å². The standard InChI is InChI=1S/C19H28O4/c20-18(21)12-5-3-1-2-4-9-16-10-8-11-17(15-16)23-19-13-6-7-14-22-19/h8,10-11,15,19H,1-7,9,12-14H2,(H,20,21). The Hall–Kier alpha value is -1.55. The summed E-state index contributed by atoms with van der Waals surface area (Å²) in [6.45, 7) is 0.798. The van der Waals surface area contributed by atoms with E-state index in [2.05, 4.69) is 12.1 Å². The predicted octanol–water partition coefficient (Wildman–Crippen LogP) is 4.56. The normalized spacial score (nSPS) is 17.8. The first-order valence-corrected chi connectivity index (χ1v) is 8.83. The lowest BCUT2D eigenvalue weighted by molar-refractivity contribution is -0.137. The van der Waals surface area contributed by atoms with E-state index in [1.165, 1.54) is 12.0 Å². The molecule has 4 heteroatoms. The fourth-order valence-corrected chi connectivity index (χ4v) is 2.87. The fraction of sp³-hybridized carbons (Fsp3) is 0.632. The first-order valence-electron chi connectivity index (χ1n) is 8.83. The average molecular weight is 320 g/mol. The van der Waals surface area contributed by atoms with Gasteiger partial charge in [0.15, 0.2) is 6.29 Å². The van der Waals surface area contributed by atoms with Crippen molar-refractivity contribution in [3.8, 4) is 5.75 Å². The highest BCUT2D eigenvalue weighted by molar-refractivity contribution is 5.66. The number of hydrogen-bond acceptors (Lipinski definition) is 3. The Labute approximate surface area is 138 Å². The van der Waals surface area contributed by atoms with Gasteiger partial charge >= 0.3 is 5.97 Å². The number of benzene rings is 1. The number of carboxylic acid groups (broad SMARTS) is 1. The molecule has 0 saturated carbocycles. The molecule has 0 bridgehead atoms. The Balaban J connectivity index is 1.63. The number of aryl methyl sites for hydroxylation is 1. The van der Waals surface area contributed by atoms with Gasteiger partial charge in [0.25, 0.3) is 0 Å². The second-order valence-corrected chi connectivity index (χ2v) is 6.22. The van der Waals surface area contributed by atoms with E-state index in [0.717, 1.165) is 63.7 Å². The minimum Gasteiger partial charge on any atom is -0.481 e. The lowest BCUT2D eigenvalue weighted by Gasteiger charge is -2.23. The molecule has 1 fully saturated rings. The molecule has 2 rings (SSSR count). The van der Waals surface area contributed by atoms with E-state index in [0.29, 0.717) is 6.42 Å². The molecule has 1 atom stereocenters. The first kappa shape index (κ1) is 17.8. The highest BCUT2D eigenvalue weighted by atomic mass is 16.7. The molecule has 0 aromatic heterocycles. The molecule has 1 unspecified atom stereocenters. The Morgan fingerprint density at radius 1 is 1.17 bits per heavy atom. The number of carboxylic acids is 1. The summed E-state index contributed by atoms with van der Waals surface area (Å²) >= 11 is 0. The van der Waals surface area contributed by atoms with Crippen LogP contribution in [-0.4, -0.2) is 24.0 Å². The molecule has 1 heterocycles. The lowest BCUT2D eigenvalue weighted by atomic mass is 10.0. The number of rotatable bonds is 10. The molecular formula is C19H28O4. The van der Waals surface area contributed by atoms with Crippen molar-refractivity contribution in [2.75, 3.05) is 6.61 Å². The third-order valence-electron chi connectivity index (χ3n) is 4.16. The monoisotopic (exact) mass is 320 g/mol. The van der Waals surface area contributed by atoms with Crippen LogP contribution < -0.4 is 4.74 Å². The SMILES string of the molecule is O=C(O)CCCCCCCc1cccc(OC2CCCCO2)c1. The van der Waals surface area contributed by atoms with Crippen molar-refractivity contribution in [2.24, 2.45) is 0 Å². The van der Waals surface area contributed by atoms with Crippen LogP contribution >= 0.6 is 0 Å². The number of unbranched alkanes of at least 4 members (excludes halogenated alkanes) is 4. The molecule has 1 aromatic rings. The Morgan fingerprint density at radius 2 is 2.00 bits per heavy atom. The summed E-state index contributed by atoms with van der Waals surface area (Å²) in [5.74, 6) is 0.208. The topological polar surface area (TPSA) is 55.8 Å². The van der Waals surface area contributed by atoms with Crippen LogP contribution in [0.3, 0.4) is 0 Å². The van der Waals surface area contributed by atoms with Gasteiger partial charge in [-0.15, -0.1) is 0 Å². The van der Waals surface area contributed by atoms with Crippen LogP contribution in [0.5, 0.6) is 5.75 Å². The zero-order valence-electron chi connectivity index (χ0n) is 13.8. The third kappa shape index (κ3) is 7.51. The zero-order chi connectivity index (χ0) is 16.3. The maximum absolute atomic E-state index is 10.4. The van der Waals surface area contributed by atoms with E-state index >= 15 is 0 Å². The van der Waals surface area contributed by atoms with Gasteiger partial charge in [0.05, 0.1) is 6.61 Å². The summed E-state index contributed by atoms with van der Waals surface area (Å²) in [7, 11) is 0. The second kappa shape index (κ2) is 10.3. The summed E-state index contributed by atoms with van der Waals surface area (Å²) in [6, 6.07) is 8.29. The minimum absolute atomic E-state index is 0.0896. The summed E-state index contributed by atoms with van der Waals surface area (Å²) in [5.41, 5.74) is 1.30. The van der Waals surface area contributed by atoms with Gasteiger partial charge < -0.3 is 14.6 Å². The van der Waals surface area contributed by atoms with Crippen molar-refractivity contribution in [3.63, 3.8) is 0 Å². The van der Waals surface area contributed by atoms with Gasteiger partial charge in [0.1, 0.15) is 5.75 Å². The number of hydrogen-bond donors (Lipinski definition) is 1. The lowest BCUT2D eigenvalue weighted by Crippen LogP contribution is -2.24. The van der Waals surface area contributed by atoms with E-state index < -0.39 is 5.97 Å². The summed E-state index contributed by atoms with van der Waals surface area (Å²) in [5, 5.41) is 8.59. The van der Waals surface area contributed by atoms with Crippen LogP contribution in [0.1, 0.15) is 63.4 Å². The van der Waals surface area contributed by atoms with Gasteiger partial charge in [0.2, 0.25) is 0 Å². The van der Waals surface area contributed by atoms with Gasteiger partial charge in [-0.1, -0.05) is 31.4 Å². The zero-order valence-corrected chi connectivity index (χ0v) is 13.8. The van der Waals surface area contributed by atoms with Crippen LogP contribution in [0, 0.1) is 0 Å². The van der Waals surface area contributed by atoms with Crippen molar-refractivity contribution in [1.82, 2.24) is 0 Å². The third-order valence-corrected chi connectivity index (χ3v) is 4.16. The van der Waals surface area contributed by atoms with Crippen LogP contribution in [0.2, 0.25) is 0 Å². The highest BCUT2D eigenvalue weighted by Crippen LogP contribution is 2.21. The molecule has 1 aliphatic rings. The second-order valence-electron chi connectivity index (χ2n) is 6.22. The molecule has 1 aromatic carbocycles.